The monoisotopic (exact) mass is 380 g/mol. The van der Waals surface area contributed by atoms with Crippen molar-refractivity contribution in [3.63, 3.8) is 0 Å². The Morgan fingerprint density at radius 1 is 1.29 bits per heavy atom. The third kappa shape index (κ3) is 3.86. The summed E-state index contributed by atoms with van der Waals surface area (Å²) in [5.41, 5.74) is 1.30. The second-order valence-electron chi connectivity index (χ2n) is 7.21. The molecule has 3 heterocycles. The Balaban J connectivity index is 1.61. The number of thiophene rings is 1. The Morgan fingerprint density at radius 2 is 2.00 bits per heavy atom. The van der Waals surface area contributed by atoms with Crippen LogP contribution in [-0.2, 0) is 5.41 Å². The lowest BCUT2D eigenvalue weighted by atomic mass is 9.93. The fraction of sp³-hybridized carbons (Fsp3) is 0.556. The van der Waals surface area contributed by atoms with Crippen molar-refractivity contribution in [2.45, 2.75) is 49.2 Å². The highest BCUT2D eigenvalue weighted by atomic mass is 32.2. The molecule has 0 radical (unpaired) electrons. The number of hydrogen-bond donors (Lipinski definition) is 0. The Labute approximate surface area is 156 Å². The van der Waals surface area contributed by atoms with Crippen molar-refractivity contribution in [2.75, 3.05) is 19.3 Å². The van der Waals surface area contributed by atoms with Crippen molar-refractivity contribution in [2.24, 2.45) is 0 Å². The molecule has 1 fully saturated rings. The number of carbonyl (C=O) groups is 1. The summed E-state index contributed by atoms with van der Waals surface area (Å²) < 4.78 is 1.20. The predicted octanol–water partition coefficient (Wildman–Crippen LogP) is 5.24. The molecule has 0 aliphatic carbocycles. The van der Waals surface area contributed by atoms with Gasteiger partial charge in [0.1, 0.15) is 0 Å². The quantitative estimate of drug-likeness (QED) is 0.682. The van der Waals surface area contributed by atoms with E-state index in [-0.39, 0.29) is 11.3 Å². The Morgan fingerprint density at radius 3 is 2.54 bits per heavy atom. The van der Waals surface area contributed by atoms with Crippen LogP contribution in [0.15, 0.2) is 21.7 Å². The van der Waals surface area contributed by atoms with Crippen molar-refractivity contribution >= 4 is 40.3 Å². The van der Waals surface area contributed by atoms with Gasteiger partial charge in [-0.05, 0) is 31.2 Å². The molecule has 0 N–H and O–H groups in total. The van der Waals surface area contributed by atoms with Gasteiger partial charge in [-0.15, -0.1) is 34.4 Å². The number of nitrogens with zero attached hydrogens (tertiary/aromatic N) is 2. The van der Waals surface area contributed by atoms with Crippen LogP contribution in [0.2, 0.25) is 0 Å². The molecule has 3 rings (SSSR count). The second kappa shape index (κ2) is 7.18. The molecule has 2 aromatic heterocycles. The first kappa shape index (κ1) is 18.0. The summed E-state index contributed by atoms with van der Waals surface area (Å²) in [5.74, 6) is 0.688. The maximum atomic E-state index is 12.6. The lowest BCUT2D eigenvalue weighted by Gasteiger charge is -2.30. The molecule has 3 nitrogen and oxygen atoms in total. The molecule has 0 unspecified atom stereocenters. The average Bonchev–Trinajstić information content (AvgIpc) is 3.23. The number of aromatic nitrogens is 1. The Kier molecular flexibility index (Phi) is 5.37. The van der Waals surface area contributed by atoms with Gasteiger partial charge >= 0.3 is 0 Å². The number of carbonyl (C=O) groups excluding carboxylic acids is 1. The van der Waals surface area contributed by atoms with Gasteiger partial charge in [0.05, 0.1) is 19.8 Å². The molecular formula is C18H24N2OS3. The van der Waals surface area contributed by atoms with E-state index in [1.54, 1.807) is 34.4 Å². The van der Waals surface area contributed by atoms with Gasteiger partial charge in [0.15, 0.2) is 0 Å². The number of thiazole rings is 1. The number of likely N-dealkylation sites (tertiary alicyclic amines) is 1. The molecule has 2 aromatic rings. The first-order valence-electron chi connectivity index (χ1n) is 8.27. The number of piperidine rings is 1. The number of rotatable bonds is 3. The third-order valence-electron chi connectivity index (χ3n) is 4.42. The van der Waals surface area contributed by atoms with Crippen LogP contribution in [0.25, 0.3) is 0 Å². The number of amides is 1. The largest absolute Gasteiger partial charge is 0.338 e. The summed E-state index contributed by atoms with van der Waals surface area (Å²) in [4.78, 5) is 20.4. The molecule has 0 atom stereocenters. The Bertz CT molecular complexity index is 706. The van der Waals surface area contributed by atoms with Crippen LogP contribution in [0.5, 0.6) is 0 Å². The summed E-state index contributed by atoms with van der Waals surface area (Å²) in [6.45, 7) is 8.28. The summed E-state index contributed by atoms with van der Waals surface area (Å²) >= 11 is 5.08. The molecule has 0 aromatic carbocycles. The smallest absolute Gasteiger partial charge is 0.263 e. The van der Waals surface area contributed by atoms with Crippen molar-refractivity contribution < 1.29 is 4.79 Å². The number of thioether (sulfide) groups is 1. The Hall–Kier alpha value is -0.850. The van der Waals surface area contributed by atoms with Crippen molar-refractivity contribution in [3.05, 3.63) is 33.1 Å². The number of hydrogen-bond acceptors (Lipinski definition) is 5. The van der Waals surface area contributed by atoms with Crippen LogP contribution in [0.4, 0.5) is 0 Å². The van der Waals surface area contributed by atoms with Crippen LogP contribution in [0.3, 0.4) is 0 Å². The summed E-state index contributed by atoms with van der Waals surface area (Å²) in [5, 5.41) is 3.44. The van der Waals surface area contributed by atoms with Crippen LogP contribution >= 0.6 is 34.4 Å². The van der Waals surface area contributed by atoms with E-state index in [4.69, 9.17) is 4.98 Å². The maximum Gasteiger partial charge on any atom is 0.263 e. The van der Waals surface area contributed by atoms with E-state index in [1.165, 1.54) is 14.9 Å². The van der Waals surface area contributed by atoms with Gasteiger partial charge in [0, 0.05) is 29.8 Å². The minimum atomic E-state index is 0.111. The molecule has 0 bridgehead atoms. The summed E-state index contributed by atoms with van der Waals surface area (Å²) in [6.07, 6.45) is 4.08. The molecule has 24 heavy (non-hydrogen) atoms. The third-order valence-corrected chi connectivity index (χ3v) is 7.58. The highest BCUT2D eigenvalue weighted by Gasteiger charge is 2.28. The average molecular weight is 381 g/mol. The first-order chi connectivity index (χ1) is 11.4. The molecule has 1 amide bonds. The van der Waals surface area contributed by atoms with E-state index in [1.807, 2.05) is 23.3 Å². The van der Waals surface area contributed by atoms with Gasteiger partial charge in [-0.1, -0.05) is 20.8 Å². The molecule has 1 aliphatic heterocycles. The van der Waals surface area contributed by atoms with Gasteiger partial charge in [-0.25, -0.2) is 4.98 Å². The lowest BCUT2D eigenvalue weighted by molar-refractivity contribution is 0.0718. The molecule has 1 aliphatic rings. The normalized spacial score (nSPS) is 16.6. The van der Waals surface area contributed by atoms with Gasteiger partial charge < -0.3 is 4.90 Å². The topological polar surface area (TPSA) is 33.2 Å². The minimum absolute atomic E-state index is 0.111. The highest BCUT2D eigenvalue weighted by Crippen LogP contribution is 2.34. The van der Waals surface area contributed by atoms with Crippen molar-refractivity contribution in [3.8, 4) is 0 Å². The van der Waals surface area contributed by atoms with E-state index in [0.717, 1.165) is 30.8 Å². The van der Waals surface area contributed by atoms with Crippen LogP contribution in [-0.4, -0.2) is 35.1 Å². The van der Waals surface area contributed by atoms with Gasteiger partial charge in [0.25, 0.3) is 5.91 Å². The van der Waals surface area contributed by atoms with Gasteiger partial charge in [0.2, 0.25) is 0 Å². The molecule has 1 saturated heterocycles. The summed E-state index contributed by atoms with van der Waals surface area (Å²) in [6, 6.07) is 4.00. The van der Waals surface area contributed by atoms with Gasteiger partial charge in [-0.2, -0.15) is 0 Å². The minimum Gasteiger partial charge on any atom is -0.338 e. The van der Waals surface area contributed by atoms with Gasteiger partial charge in [-0.3, -0.25) is 4.79 Å². The second-order valence-corrected chi connectivity index (χ2v) is 10.3. The zero-order valence-corrected chi connectivity index (χ0v) is 17.1. The van der Waals surface area contributed by atoms with E-state index in [2.05, 4.69) is 26.2 Å². The lowest BCUT2D eigenvalue weighted by Crippen LogP contribution is -2.37. The van der Waals surface area contributed by atoms with E-state index in [9.17, 15) is 4.79 Å². The zero-order valence-electron chi connectivity index (χ0n) is 14.7. The van der Waals surface area contributed by atoms with Crippen LogP contribution < -0.4 is 0 Å². The molecule has 0 spiro atoms. The fourth-order valence-corrected chi connectivity index (χ4v) is 5.58. The molecular weight excluding hydrogens is 356 g/mol. The zero-order chi connectivity index (χ0) is 17.3. The predicted molar refractivity (Wildman–Crippen MR) is 105 cm³/mol. The van der Waals surface area contributed by atoms with Crippen LogP contribution in [0, 0.1) is 0 Å². The standard InChI is InChI=1S/C18H24N2OS3/c1-18(2,3)14-11-23-16(19-14)12-7-9-20(10-8-12)17(21)13-5-6-15(22-4)24-13/h5-6,11-12H,7-10H2,1-4H3. The van der Waals surface area contributed by atoms with Crippen molar-refractivity contribution in [1.29, 1.82) is 0 Å². The summed E-state index contributed by atoms with van der Waals surface area (Å²) in [7, 11) is 0. The van der Waals surface area contributed by atoms with E-state index in [0.29, 0.717) is 5.92 Å². The molecule has 0 saturated carbocycles. The van der Waals surface area contributed by atoms with E-state index >= 15 is 0 Å². The SMILES string of the molecule is CSc1ccc(C(=O)N2CCC(c3nc(C(C)(C)C)cs3)CC2)s1. The first-order valence-corrected chi connectivity index (χ1v) is 11.2. The fourth-order valence-electron chi connectivity index (χ4n) is 2.85. The highest BCUT2D eigenvalue weighted by molar-refractivity contribution is 8.00. The van der Waals surface area contributed by atoms with Crippen molar-refractivity contribution in [1.82, 2.24) is 9.88 Å². The maximum absolute atomic E-state index is 12.6. The molecule has 6 heteroatoms. The van der Waals surface area contributed by atoms with Crippen LogP contribution in [0.1, 0.15) is 59.9 Å². The molecule has 130 valence electrons. The van der Waals surface area contributed by atoms with E-state index < -0.39 is 0 Å².